The van der Waals surface area contributed by atoms with E-state index in [4.69, 9.17) is 9.47 Å². The summed E-state index contributed by atoms with van der Waals surface area (Å²) < 4.78 is 25.8. The summed E-state index contributed by atoms with van der Waals surface area (Å²) in [6, 6.07) is 12.2. The van der Waals surface area contributed by atoms with E-state index in [9.17, 15) is 19.1 Å². The Morgan fingerprint density at radius 2 is 1.79 bits per heavy atom. The second kappa shape index (κ2) is 13.6. The van der Waals surface area contributed by atoms with Gasteiger partial charge in [0.05, 0.1) is 23.9 Å². The van der Waals surface area contributed by atoms with E-state index >= 15 is 0 Å². The highest BCUT2D eigenvalue weighted by Crippen LogP contribution is 2.36. The highest BCUT2D eigenvalue weighted by molar-refractivity contribution is 5.97. The fourth-order valence-corrected chi connectivity index (χ4v) is 5.34. The van der Waals surface area contributed by atoms with Crippen LogP contribution in [0.4, 0.5) is 15.0 Å². The number of aliphatic hydroxyl groups is 1. The molecule has 1 aliphatic carbocycles. The molecule has 1 heterocycles. The van der Waals surface area contributed by atoms with Gasteiger partial charge in [0.1, 0.15) is 24.5 Å². The second-order valence-corrected chi connectivity index (χ2v) is 11.0. The van der Waals surface area contributed by atoms with Gasteiger partial charge in [0.2, 0.25) is 0 Å². The summed E-state index contributed by atoms with van der Waals surface area (Å²) in [5.41, 5.74) is 0.953. The van der Waals surface area contributed by atoms with Gasteiger partial charge < -0.3 is 29.7 Å². The van der Waals surface area contributed by atoms with Crippen LogP contribution in [0, 0.1) is 5.82 Å². The van der Waals surface area contributed by atoms with E-state index in [0.29, 0.717) is 18.7 Å². The van der Waals surface area contributed by atoms with Crippen LogP contribution in [0.25, 0.3) is 0 Å². The molecule has 0 aliphatic heterocycles. The average Bonchev–Trinajstić information content (AvgIpc) is 3.32. The van der Waals surface area contributed by atoms with E-state index in [1.54, 1.807) is 16.8 Å². The minimum absolute atomic E-state index is 0.0778. The van der Waals surface area contributed by atoms with Crippen LogP contribution in [-0.2, 0) is 11.3 Å². The van der Waals surface area contributed by atoms with Crippen molar-refractivity contribution in [3.05, 3.63) is 78.0 Å². The first-order valence-corrected chi connectivity index (χ1v) is 14.0. The van der Waals surface area contributed by atoms with Crippen LogP contribution in [0.5, 0.6) is 11.5 Å². The third-order valence-electron chi connectivity index (χ3n) is 7.26. The lowest BCUT2D eigenvalue weighted by Crippen LogP contribution is -2.42. The maximum Gasteiger partial charge on any atom is 0.407 e. The molecule has 0 saturated heterocycles. The number of anilines is 1. The zero-order valence-electron chi connectivity index (χ0n) is 24.5. The van der Waals surface area contributed by atoms with Crippen molar-refractivity contribution in [3.63, 3.8) is 0 Å². The van der Waals surface area contributed by atoms with Crippen LogP contribution in [0.3, 0.4) is 0 Å². The van der Waals surface area contributed by atoms with E-state index in [0.717, 1.165) is 11.6 Å². The molecule has 0 spiro atoms. The number of rotatable bonds is 10. The number of alkyl carbamates (subject to hydrolysis) is 1. The Kier molecular flexibility index (Phi) is 9.95. The summed E-state index contributed by atoms with van der Waals surface area (Å²) in [6.45, 7) is 7.73. The van der Waals surface area contributed by atoms with Gasteiger partial charge in [-0.3, -0.25) is 4.79 Å². The third kappa shape index (κ3) is 7.33. The largest absolute Gasteiger partial charge is 0.451 e. The summed E-state index contributed by atoms with van der Waals surface area (Å²) >= 11 is 0. The topological polar surface area (TPSA) is 117 Å². The van der Waals surface area contributed by atoms with Crippen LogP contribution >= 0.6 is 0 Å². The maximum atomic E-state index is 14.3. The minimum Gasteiger partial charge on any atom is -0.451 e. The molecule has 1 fully saturated rings. The molecule has 3 atom stereocenters. The van der Waals surface area contributed by atoms with Gasteiger partial charge in [-0.25, -0.2) is 19.2 Å². The number of hydrogen-bond acceptors (Lipinski definition) is 8. The Bertz CT molecular complexity index is 1360. The lowest BCUT2D eigenvalue weighted by Gasteiger charge is -2.31. The van der Waals surface area contributed by atoms with Gasteiger partial charge in [0.15, 0.2) is 11.6 Å². The summed E-state index contributed by atoms with van der Waals surface area (Å²) in [5, 5.41) is 13.7. The molecule has 1 saturated carbocycles. The molecular weight excluding hydrogens is 541 g/mol. The predicted octanol–water partition coefficient (Wildman–Crippen LogP) is 4.92. The molecule has 224 valence electrons. The second-order valence-electron chi connectivity index (χ2n) is 11.0. The quantitative estimate of drug-likeness (QED) is 0.348. The summed E-state index contributed by atoms with van der Waals surface area (Å²) in [7, 11) is 1.76. The van der Waals surface area contributed by atoms with E-state index in [1.165, 1.54) is 24.7 Å². The fourth-order valence-electron chi connectivity index (χ4n) is 5.34. The van der Waals surface area contributed by atoms with Crippen molar-refractivity contribution in [3.8, 4) is 11.5 Å². The van der Waals surface area contributed by atoms with Gasteiger partial charge in [-0.2, -0.15) is 0 Å². The van der Waals surface area contributed by atoms with Crippen LogP contribution < -0.4 is 15.0 Å². The maximum absolute atomic E-state index is 14.3. The first-order chi connectivity index (χ1) is 20.0. The SMILES string of the molecule is CC(C)N(C(=O)c1cc(F)ccc1Oc1cncnc1N(C)[C@H]1C[C@@H](NC(=O)OCc2ccccc2)C[C@H]1O)C(C)C. The molecule has 2 aromatic carbocycles. The highest BCUT2D eigenvalue weighted by atomic mass is 19.1. The first-order valence-electron chi connectivity index (χ1n) is 14.0. The van der Waals surface area contributed by atoms with Crippen LogP contribution in [0.15, 0.2) is 61.1 Å². The molecule has 4 rings (SSSR count). The highest BCUT2D eigenvalue weighted by Gasteiger charge is 2.38. The van der Waals surface area contributed by atoms with Crippen molar-refractivity contribution in [2.45, 2.75) is 77.4 Å². The van der Waals surface area contributed by atoms with Gasteiger partial charge in [0, 0.05) is 25.2 Å². The molecule has 0 unspecified atom stereocenters. The van der Waals surface area contributed by atoms with E-state index in [2.05, 4.69) is 15.3 Å². The lowest BCUT2D eigenvalue weighted by molar-refractivity contribution is 0.0640. The van der Waals surface area contributed by atoms with Gasteiger partial charge in [-0.15, -0.1) is 0 Å². The smallest absolute Gasteiger partial charge is 0.407 e. The first kappa shape index (κ1) is 30.7. The van der Waals surface area contributed by atoms with Crippen molar-refractivity contribution in [1.82, 2.24) is 20.2 Å². The number of carbonyl (C=O) groups is 2. The molecule has 1 aliphatic rings. The molecule has 0 radical (unpaired) electrons. The molecule has 1 aromatic heterocycles. The molecule has 0 bridgehead atoms. The number of carbonyl (C=O) groups excluding carboxylic acids is 2. The molecule has 42 heavy (non-hydrogen) atoms. The third-order valence-corrected chi connectivity index (χ3v) is 7.26. The monoisotopic (exact) mass is 579 g/mol. The Morgan fingerprint density at radius 1 is 1.07 bits per heavy atom. The Labute approximate surface area is 245 Å². The van der Waals surface area contributed by atoms with E-state index in [1.807, 2.05) is 58.0 Å². The number of nitrogens with zero attached hydrogens (tertiary/aromatic N) is 4. The predicted molar refractivity (Wildman–Crippen MR) is 156 cm³/mol. The number of likely N-dealkylation sites (N-methyl/N-ethyl adjacent to an activating group) is 1. The van der Waals surface area contributed by atoms with E-state index < -0.39 is 24.1 Å². The molecule has 2 amide bonds. The summed E-state index contributed by atoms with van der Waals surface area (Å²) in [4.78, 5) is 37.8. The molecular formula is C31H38FN5O5. The Hall–Kier alpha value is -4.25. The van der Waals surface area contributed by atoms with Crippen molar-refractivity contribution < 1.29 is 28.6 Å². The average molecular weight is 580 g/mol. The minimum atomic E-state index is -0.772. The van der Waals surface area contributed by atoms with Crippen LogP contribution in [0.1, 0.15) is 56.5 Å². The number of amides is 2. The normalized spacial score (nSPS) is 18.2. The zero-order chi connectivity index (χ0) is 30.4. The van der Waals surface area contributed by atoms with Gasteiger partial charge in [0.25, 0.3) is 5.91 Å². The number of nitrogens with one attached hydrogen (secondary N) is 1. The van der Waals surface area contributed by atoms with Crippen LogP contribution in [0.2, 0.25) is 0 Å². The number of benzene rings is 2. The molecule has 11 heteroatoms. The van der Waals surface area contributed by atoms with Crippen molar-refractivity contribution >= 4 is 17.8 Å². The summed E-state index contributed by atoms with van der Waals surface area (Å²) in [5.74, 6) is -0.166. The van der Waals surface area contributed by atoms with Gasteiger partial charge >= 0.3 is 6.09 Å². The molecule has 10 nitrogen and oxygen atoms in total. The van der Waals surface area contributed by atoms with Gasteiger partial charge in [-0.05, 0) is 64.3 Å². The number of aromatic nitrogens is 2. The van der Waals surface area contributed by atoms with Crippen molar-refractivity contribution in [2.24, 2.45) is 0 Å². The number of ether oxygens (including phenoxy) is 2. The van der Waals surface area contributed by atoms with Crippen molar-refractivity contribution in [1.29, 1.82) is 0 Å². The number of halogens is 1. The fraction of sp³-hybridized carbons (Fsp3) is 0.419. The lowest BCUT2D eigenvalue weighted by atomic mass is 10.1. The Balaban J connectivity index is 1.48. The standard InChI is InChI=1S/C31H38FN5O5/c1-19(2)37(20(3)4)30(39)24-13-22(32)11-12-27(24)42-28-16-33-18-34-29(28)36(5)25-14-23(15-26(25)38)35-31(40)41-17-21-9-7-6-8-10-21/h6-13,16,18-20,23,25-26,38H,14-15,17H2,1-5H3,(H,35,40)/t23-,25+,26-/m1/s1. The molecule has 3 aromatic rings. The van der Waals surface area contributed by atoms with Crippen LogP contribution in [-0.4, -0.2) is 69.3 Å². The van der Waals surface area contributed by atoms with Gasteiger partial charge in [-0.1, -0.05) is 30.3 Å². The van der Waals surface area contributed by atoms with E-state index in [-0.39, 0.29) is 47.7 Å². The Morgan fingerprint density at radius 3 is 2.48 bits per heavy atom. The van der Waals surface area contributed by atoms with Crippen molar-refractivity contribution in [2.75, 3.05) is 11.9 Å². The zero-order valence-corrected chi connectivity index (χ0v) is 24.5. The number of aliphatic hydroxyl groups excluding tert-OH is 1. The molecule has 2 N–H and O–H groups in total. The number of hydrogen-bond donors (Lipinski definition) is 2. The summed E-state index contributed by atoms with van der Waals surface area (Å²) in [6.07, 6.45) is 2.23.